The van der Waals surface area contributed by atoms with E-state index in [2.05, 4.69) is 45.8 Å². The molecule has 0 heterocycles. The van der Waals surface area contributed by atoms with Crippen molar-refractivity contribution in [1.29, 1.82) is 0 Å². The third-order valence-corrected chi connectivity index (χ3v) is 19.7. The fraction of sp³-hybridized carbons (Fsp3) is 1.00. The summed E-state index contributed by atoms with van der Waals surface area (Å²) in [6.07, 6.45) is 0.106. The molecule has 10 heteroatoms. The lowest BCUT2D eigenvalue weighted by atomic mass is 11.7. The minimum absolute atomic E-state index is 0.106. The van der Waals surface area contributed by atoms with Crippen molar-refractivity contribution >= 4 is 42.3 Å². The summed E-state index contributed by atoms with van der Waals surface area (Å²) in [5, 5.41) is 9.44. The molecule has 0 radical (unpaired) electrons. The first-order chi connectivity index (χ1) is 9.39. The van der Waals surface area contributed by atoms with Crippen molar-refractivity contribution in [2.24, 2.45) is 0 Å². The molecule has 0 spiro atoms. The van der Waals surface area contributed by atoms with Gasteiger partial charge in [-0.2, -0.15) is 0 Å². The molecule has 1 N–H and O–H groups in total. The summed E-state index contributed by atoms with van der Waals surface area (Å²) in [5.41, 5.74) is 0. The maximum absolute atomic E-state index is 9.44. The van der Waals surface area contributed by atoms with E-state index in [1.54, 1.807) is 0 Å². The van der Waals surface area contributed by atoms with Crippen LogP contribution in [0.3, 0.4) is 0 Å². The van der Waals surface area contributed by atoms with Gasteiger partial charge in [0.15, 0.2) is 8.32 Å². The summed E-state index contributed by atoms with van der Waals surface area (Å²) >= 11 is 0. The molecular weight excluding hydrogens is 365 g/mol. The van der Waals surface area contributed by atoms with E-state index >= 15 is 0 Å². The first-order valence-corrected chi connectivity index (χ1v) is 22.8. The summed E-state index contributed by atoms with van der Waals surface area (Å²) in [6, 6.07) is 0. The quantitative estimate of drug-likeness (QED) is 0.598. The Labute approximate surface area is 142 Å². The van der Waals surface area contributed by atoms with Gasteiger partial charge in [-0.15, -0.1) is 0 Å². The van der Waals surface area contributed by atoms with Crippen molar-refractivity contribution in [2.75, 3.05) is 6.23 Å². The van der Waals surface area contributed by atoms with E-state index in [0.29, 0.717) is 0 Å². The summed E-state index contributed by atoms with van der Waals surface area (Å²) in [6.45, 7) is 22.9. The predicted molar refractivity (Wildman–Crippen MR) is 105 cm³/mol. The van der Waals surface area contributed by atoms with E-state index in [-0.39, 0.29) is 6.23 Å². The summed E-state index contributed by atoms with van der Waals surface area (Å²) in [5.74, 6) is 0. The number of hydrogen-bond donors (Lipinski definition) is 1. The SMILES string of the molecule is C[Si](C)(C)O[Si](C)(C)O[Si](C)(C)O[Si](C)(C)O[Si](C)(C)CO. The predicted octanol–water partition coefficient (Wildman–Crippen LogP) is 3.73. The molecule has 0 unspecified atom stereocenters. The largest absolute Gasteiger partial charge is 0.437 e. The van der Waals surface area contributed by atoms with Crippen LogP contribution in [0.25, 0.3) is 0 Å². The molecule has 0 atom stereocenters. The topological polar surface area (TPSA) is 57.2 Å². The van der Waals surface area contributed by atoms with Gasteiger partial charge in [-0.1, -0.05) is 0 Å². The molecule has 134 valence electrons. The Balaban J connectivity index is 4.88. The molecule has 0 aromatic heterocycles. The zero-order chi connectivity index (χ0) is 18.0. The van der Waals surface area contributed by atoms with Gasteiger partial charge in [-0.3, -0.25) is 0 Å². The summed E-state index contributed by atoms with van der Waals surface area (Å²) in [4.78, 5) is 0. The average Bonchev–Trinajstić information content (AvgIpc) is 2.06. The van der Waals surface area contributed by atoms with Crippen molar-refractivity contribution in [2.45, 2.75) is 72.0 Å². The maximum atomic E-state index is 9.44. The highest BCUT2D eigenvalue weighted by atomic mass is 28.5. The third kappa shape index (κ3) is 10.6. The average molecular weight is 401 g/mol. The lowest BCUT2D eigenvalue weighted by molar-refractivity contribution is 0.284. The molecule has 0 rings (SSSR count). The lowest BCUT2D eigenvalue weighted by Crippen LogP contribution is -2.58. The van der Waals surface area contributed by atoms with Gasteiger partial charge in [-0.25, -0.2) is 0 Å². The molecule has 0 amide bonds. The Morgan fingerprint density at radius 2 is 0.864 bits per heavy atom. The molecular formula is C12H36O5Si5. The van der Waals surface area contributed by atoms with Crippen LogP contribution in [0.2, 0.25) is 72.0 Å². The molecule has 22 heavy (non-hydrogen) atoms. The van der Waals surface area contributed by atoms with Crippen LogP contribution in [0.4, 0.5) is 0 Å². The first kappa shape index (κ1) is 22.9. The van der Waals surface area contributed by atoms with Crippen LogP contribution in [-0.4, -0.2) is 53.7 Å². The molecule has 0 saturated carbocycles. The van der Waals surface area contributed by atoms with Gasteiger partial charge in [0.1, 0.15) is 0 Å². The molecule has 0 aromatic carbocycles. The number of rotatable bonds is 9. The van der Waals surface area contributed by atoms with E-state index in [1.807, 2.05) is 26.2 Å². The van der Waals surface area contributed by atoms with Crippen molar-refractivity contribution in [3.8, 4) is 0 Å². The van der Waals surface area contributed by atoms with Gasteiger partial charge < -0.3 is 21.6 Å². The van der Waals surface area contributed by atoms with Crippen LogP contribution in [0.1, 0.15) is 0 Å². The second-order valence-electron chi connectivity index (χ2n) is 8.64. The van der Waals surface area contributed by atoms with Gasteiger partial charge >= 0.3 is 25.7 Å². The monoisotopic (exact) mass is 400 g/mol. The van der Waals surface area contributed by atoms with Crippen LogP contribution in [0, 0.1) is 0 Å². The highest BCUT2D eigenvalue weighted by molar-refractivity contribution is 6.90. The van der Waals surface area contributed by atoms with Crippen LogP contribution in [-0.2, 0) is 16.5 Å². The number of aliphatic hydroxyl groups excluding tert-OH is 1. The van der Waals surface area contributed by atoms with Gasteiger partial charge in [0.05, 0.1) is 6.23 Å². The Morgan fingerprint density at radius 1 is 0.545 bits per heavy atom. The Kier molecular flexibility index (Phi) is 7.71. The highest BCUT2D eigenvalue weighted by Crippen LogP contribution is 2.25. The minimum Gasteiger partial charge on any atom is -0.437 e. The van der Waals surface area contributed by atoms with Crippen molar-refractivity contribution < 1.29 is 21.6 Å². The van der Waals surface area contributed by atoms with Crippen LogP contribution < -0.4 is 0 Å². The highest BCUT2D eigenvalue weighted by Gasteiger charge is 2.44. The lowest BCUT2D eigenvalue weighted by Gasteiger charge is -2.41. The Morgan fingerprint density at radius 3 is 1.18 bits per heavy atom. The standard InChI is InChI=1S/C12H36O5Si5/c1-18(2,3)14-20(6,7)16-22(10,11)17-21(8,9)15-19(4,5)12-13/h13H,12H2,1-11H3. The van der Waals surface area contributed by atoms with Gasteiger partial charge in [0.2, 0.25) is 8.32 Å². The molecule has 5 nitrogen and oxygen atoms in total. The van der Waals surface area contributed by atoms with E-state index in [4.69, 9.17) is 16.5 Å². The van der Waals surface area contributed by atoms with Gasteiger partial charge in [-0.05, 0) is 72.0 Å². The molecule has 0 aliphatic carbocycles. The summed E-state index contributed by atoms with van der Waals surface area (Å²) < 4.78 is 25.1. The van der Waals surface area contributed by atoms with E-state index < -0.39 is 42.3 Å². The molecule has 0 bridgehead atoms. The van der Waals surface area contributed by atoms with Crippen LogP contribution in [0.15, 0.2) is 0 Å². The van der Waals surface area contributed by atoms with E-state index in [0.717, 1.165) is 0 Å². The zero-order valence-electron chi connectivity index (χ0n) is 16.3. The summed E-state index contributed by atoms with van der Waals surface area (Å²) in [7, 11) is -10.6. The smallest absolute Gasteiger partial charge is 0.314 e. The number of hydrogen-bond acceptors (Lipinski definition) is 5. The normalized spacial score (nSPS) is 15.3. The number of aliphatic hydroxyl groups is 1. The molecule has 0 fully saturated rings. The van der Waals surface area contributed by atoms with Crippen molar-refractivity contribution in [3.05, 3.63) is 0 Å². The Bertz CT molecular complexity index is 365. The van der Waals surface area contributed by atoms with Crippen molar-refractivity contribution in [3.63, 3.8) is 0 Å². The fourth-order valence-electron chi connectivity index (χ4n) is 2.68. The first-order valence-electron chi connectivity index (χ1n) is 7.80. The molecule has 0 saturated heterocycles. The van der Waals surface area contributed by atoms with Crippen LogP contribution in [0.5, 0.6) is 0 Å². The van der Waals surface area contributed by atoms with Gasteiger partial charge in [0.25, 0.3) is 0 Å². The van der Waals surface area contributed by atoms with E-state index in [9.17, 15) is 5.11 Å². The molecule has 0 aliphatic heterocycles. The maximum Gasteiger partial charge on any atom is 0.314 e. The molecule has 0 aromatic rings. The molecule has 0 aliphatic rings. The minimum atomic E-state index is -2.35. The zero-order valence-corrected chi connectivity index (χ0v) is 21.3. The van der Waals surface area contributed by atoms with Gasteiger partial charge in [0, 0.05) is 0 Å². The van der Waals surface area contributed by atoms with Crippen molar-refractivity contribution in [1.82, 2.24) is 0 Å². The fourth-order valence-corrected chi connectivity index (χ4v) is 25.3. The van der Waals surface area contributed by atoms with Crippen LogP contribution >= 0.6 is 0 Å². The second-order valence-corrected chi connectivity index (χ2v) is 28.4. The van der Waals surface area contributed by atoms with E-state index in [1.165, 1.54) is 0 Å². The second kappa shape index (κ2) is 7.41. The third-order valence-electron chi connectivity index (χ3n) is 2.44. The Hall–Kier alpha value is 0.884.